The Hall–Kier alpha value is -2.69. The van der Waals surface area contributed by atoms with Crippen molar-refractivity contribution in [1.82, 2.24) is 24.5 Å². The summed E-state index contributed by atoms with van der Waals surface area (Å²) in [7, 11) is 2.01. The van der Waals surface area contributed by atoms with Gasteiger partial charge >= 0.3 is 0 Å². The summed E-state index contributed by atoms with van der Waals surface area (Å²) in [5.74, 6) is 0. The summed E-state index contributed by atoms with van der Waals surface area (Å²) in [5.41, 5.74) is 4.82. The van der Waals surface area contributed by atoms with Crippen LogP contribution in [0.3, 0.4) is 0 Å². The second-order valence-electron chi connectivity index (χ2n) is 4.52. The first-order valence-electron chi connectivity index (χ1n) is 6.02. The number of hydrogen-bond acceptors (Lipinski definition) is 3. The molecule has 0 atom stereocenters. The van der Waals surface area contributed by atoms with E-state index in [2.05, 4.69) is 30.7 Å². The Morgan fingerprint density at radius 3 is 3.11 bits per heavy atom. The second kappa shape index (κ2) is 3.65. The van der Waals surface area contributed by atoms with Crippen LogP contribution in [0, 0.1) is 0 Å². The Morgan fingerprint density at radius 2 is 2.16 bits per heavy atom. The van der Waals surface area contributed by atoms with E-state index >= 15 is 0 Å². The molecule has 0 saturated carbocycles. The van der Waals surface area contributed by atoms with Crippen molar-refractivity contribution in [3.8, 4) is 11.3 Å². The molecule has 4 aromatic heterocycles. The molecule has 0 amide bonds. The average Bonchev–Trinajstić information content (AvgIpc) is 3.03. The van der Waals surface area contributed by atoms with E-state index in [9.17, 15) is 0 Å². The van der Waals surface area contributed by atoms with Crippen molar-refractivity contribution in [3.05, 3.63) is 43.1 Å². The van der Waals surface area contributed by atoms with Gasteiger partial charge in [-0.1, -0.05) is 0 Å². The van der Waals surface area contributed by atoms with Crippen molar-refractivity contribution in [2.75, 3.05) is 0 Å². The molecule has 0 aliphatic heterocycles. The molecule has 0 spiro atoms. The fraction of sp³-hybridized carbons (Fsp3) is 0.0714. The molecule has 0 unspecified atom stereocenters. The predicted octanol–water partition coefficient (Wildman–Crippen LogP) is 2.51. The summed E-state index contributed by atoms with van der Waals surface area (Å²) in [6, 6.07) is 6.03. The van der Waals surface area contributed by atoms with Crippen LogP contribution in [0.5, 0.6) is 0 Å². The number of pyridine rings is 2. The lowest BCUT2D eigenvalue weighted by atomic mass is 10.1. The summed E-state index contributed by atoms with van der Waals surface area (Å²) >= 11 is 0. The zero-order valence-electron chi connectivity index (χ0n) is 10.3. The lowest BCUT2D eigenvalue weighted by Crippen LogP contribution is -1.84. The van der Waals surface area contributed by atoms with Gasteiger partial charge in [-0.3, -0.25) is 4.98 Å². The quantitative estimate of drug-likeness (QED) is 0.564. The monoisotopic (exact) mass is 249 g/mol. The van der Waals surface area contributed by atoms with E-state index in [1.165, 1.54) is 0 Å². The number of H-pyrrole nitrogens is 1. The van der Waals surface area contributed by atoms with Crippen LogP contribution in [-0.2, 0) is 7.05 Å². The van der Waals surface area contributed by atoms with Gasteiger partial charge in [0.15, 0.2) is 5.65 Å². The zero-order valence-corrected chi connectivity index (χ0v) is 10.3. The summed E-state index contributed by atoms with van der Waals surface area (Å²) in [5, 5.41) is 1.15. The standard InChI is InChI=1S/C14H11N5/c1-19-7-10(9-4-5-15-6-13(9)19)11-2-3-12-14(18-11)17-8-16-12/h2-8H,1H3,(H,16,17,18). The molecular weight excluding hydrogens is 238 g/mol. The fourth-order valence-corrected chi connectivity index (χ4v) is 2.40. The maximum Gasteiger partial charge on any atom is 0.177 e. The highest BCUT2D eigenvalue weighted by atomic mass is 15.0. The van der Waals surface area contributed by atoms with Crippen LogP contribution in [-0.4, -0.2) is 24.5 Å². The molecule has 0 aliphatic carbocycles. The van der Waals surface area contributed by atoms with Gasteiger partial charge in [0.05, 0.1) is 29.3 Å². The SMILES string of the molecule is Cn1cc(-c2ccc3[nH]cnc3n2)c2ccncc21. The maximum absolute atomic E-state index is 4.59. The average molecular weight is 249 g/mol. The minimum Gasteiger partial charge on any atom is -0.349 e. The Kier molecular flexibility index (Phi) is 1.97. The topological polar surface area (TPSA) is 59.4 Å². The van der Waals surface area contributed by atoms with E-state index in [4.69, 9.17) is 0 Å². The van der Waals surface area contributed by atoms with Gasteiger partial charge in [0, 0.05) is 30.4 Å². The van der Waals surface area contributed by atoms with Crippen LogP contribution >= 0.6 is 0 Å². The number of aromatic amines is 1. The Bertz CT molecular complexity index is 887. The maximum atomic E-state index is 4.59. The molecule has 4 rings (SSSR count). The molecular formula is C14H11N5. The van der Waals surface area contributed by atoms with Crippen molar-refractivity contribution in [1.29, 1.82) is 0 Å². The highest BCUT2D eigenvalue weighted by Crippen LogP contribution is 2.28. The Balaban J connectivity index is 2.03. The van der Waals surface area contributed by atoms with E-state index < -0.39 is 0 Å². The molecule has 0 aromatic carbocycles. The molecule has 5 nitrogen and oxygen atoms in total. The van der Waals surface area contributed by atoms with E-state index in [1.54, 1.807) is 12.5 Å². The van der Waals surface area contributed by atoms with Crippen LogP contribution in [0.15, 0.2) is 43.1 Å². The molecule has 1 N–H and O–H groups in total. The number of imidazole rings is 1. The first-order chi connectivity index (χ1) is 9.33. The van der Waals surface area contributed by atoms with Gasteiger partial charge in [-0.15, -0.1) is 0 Å². The predicted molar refractivity (Wildman–Crippen MR) is 73.6 cm³/mol. The van der Waals surface area contributed by atoms with Gasteiger partial charge in [0.1, 0.15) is 0 Å². The molecule has 0 aliphatic rings. The Labute approximate surface area is 109 Å². The van der Waals surface area contributed by atoms with Crippen molar-refractivity contribution in [2.24, 2.45) is 7.05 Å². The van der Waals surface area contributed by atoms with Gasteiger partial charge in [-0.2, -0.15) is 0 Å². The highest BCUT2D eigenvalue weighted by molar-refractivity contribution is 5.95. The number of aromatic nitrogens is 5. The summed E-state index contributed by atoms with van der Waals surface area (Å²) < 4.78 is 2.06. The third kappa shape index (κ3) is 1.45. The zero-order chi connectivity index (χ0) is 12.8. The van der Waals surface area contributed by atoms with Gasteiger partial charge < -0.3 is 9.55 Å². The minimum absolute atomic E-state index is 0.739. The first-order valence-corrected chi connectivity index (χ1v) is 6.02. The van der Waals surface area contributed by atoms with Crippen LogP contribution in [0.4, 0.5) is 0 Å². The smallest absolute Gasteiger partial charge is 0.177 e. The van der Waals surface area contributed by atoms with Gasteiger partial charge in [0.2, 0.25) is 0 Å². The van der Waals surface area contributed by atoms with E-state index in [0.717, 1.165) is 33.3 Å². The molecule has 4 heterocycles. The fourth-order valence-electron chi connectivity index (χ4n) is 2.40. The normalized spacial score (nSPS) is 11.4. The van der Waals surface area contributed by atoms with Gasteiger partial charge in [0.25, 0.3) is 0 Å². The van der Waals surface area contributed by atoms with Crippen LogP contribution in [0.1, 0.15) is 0 Å². The number of rotatable bonds is 1. The summed E-state index contributed by atoms with van der Waals surface area (Å²) in [6.45, 7) is 0. The summed E-state index contributed by atoms with van der Waals surface area (Å²) in [6.07, 6.45) is 7.41. The van der Waals surface area contributed by atoms with Crippen molar-refractivity contribution in [2.45, 2.75) is 0 Å². The van der Waals surface area contributed by atoms with E-state index in [1.807, 2.05) is 31.4 Å². The largest absolute Gasteiger partial charge is 0.349 e. The van der Waals surface area contributed by atoms with Crippen LogP contribution in [0.2, 0.25) is 0 Å². The van der Waals surface area contributed by atoms with Crippen LogP contribution < -0.4 is 0 Å². The number of fused-ring (bicyclic) bond motifs is 2. The second-order valence-corrected chi connectivity index (χ2v) is 4.52. The number of nitrogens with one attached hydrogen (secondary N) is 1. The van der Waals surface area contributed by atoms with Crippen molar-refractivity contribution >= 4 is 22.1 Å². The van der Waals surface area contributed by atoms with Gasteiger partial charge in [-0.05, 0) is 18.2 Å². The molecule has 0 saturated heterocycles. The summed E-state index contributed by atoms with van der Waals surface area (Å²) in [4.78, 5) is 16.0. The first kappa shape index (κ1) is 10.3. The molecule has 5 heteroatoms. The van der Waals surface area contributed by atoms with Crippen molar-refractivity contribution in [3.63, 3.8) is 0 Å². The number of hydrogen-bond donors (Lipinski definition) is 1. The van der Waals surface area contributed by atoms with E-state index in [-0.39, 0.29) is 0 Å². The third-order valence-electron chi connectivity index (χ3n) is 3.35. The molecule has 4 aromatic rings. The number of nitrogens with zero attached hydrogens (tertiary/aromatic N) is 4. The van der Waals surface area contributed by atoms with E-state index in [0.29, 0.717) is 0 Å². The van der Waals surface area contributed by atoms with Crippen molar-refractivity contribution < 1.29 is 0 Å². The molecule has 0 bridgehead atoms. The molecule has 92 valence electrons. The lowest BCUT2D eigenvalue weighted by molar-refractivity contribution is 0.965. The minimum atomic E-state index is 0.739. The molecule has 0 radical (unpaired) electrons. The molecule has 0 fully saturated rings. The third-order valence-corrected chi connectivity index (χ3v) is 3.35. The van der Waals surface area contributed by atoms with Gasteiger partial charge in [-0.25, -0.2) is 9.97 Å². The number of aryl methyl sites for hydroxylation is 1. The lowest BCUT2D eigenvalue weighted by Gasteiger charge is -1.98. The van der Waals surface area contributed by atoms with Crippen LogP contribution in [0.25, 0.3) is 33.3 Å². The Morgan fingerprint density at radius 1 is 1.21 bits per heavy atom. The molecule has 19 heavy (non-hydrogen) atoms. The highest BCUT2D eigenvalue weighted by Gasteiger charge is 2.10.